The van der Waals surface area contributed by atoms with Crippen LogP contribution in [0.2, 0.25) is 0 Å². The third-order valence-electron chi connectivity index (χ3n) is 3.69. The first-order chi connectivity index (χ1) is 9.63. The Kier molecular flexibility index (Phi) is 3.16. The van der Waals surface area contributed by atoms with Gasteiger partial charge in [0.25, 0.3) is 0 Å². The second-order valence-corrected chi connectivity index (χ2v) is 5.19. The van der Waals surface area contributed by atoms with E-state index in [0.29, 0.717) is 12.1 Å². The SMILES string of the molecule is NC(=O)c1ccccc1CN1Cc2ccc(N)cc2C1. The zero-order chi connectivity index (χ0) is 14.1. The molecule has 1 aliphatic rings. The largest absolute Gasteiger partial charge is 0.399 e. The van der Waals surface area contributed by atoms with Crippen molar-refractivity contribution in [2.24, 2.45) is 5.73 Å². The highest BCUT2D eigenvalue weighted by Gasteiger charge is 2.20. The summed E-state index contributed by atoms with van der Waals surface area (Å²) in [6.45, 7) is 2.45. The van der Waals surface area contributed by atoms with Crippen LogP contribution in [0, 0.1) is 0 Å². The van der Waals surface area contributed by atoms with Gasteiger partial charge in [0.1, 0.15) is 0 Å². The first-order valence-corrected chi connectivity index (χ1v) is 6.61. The minimum Gasteiger partial charge on any atom is -0.399 e. The van der Waals surface area contributed by atoms with Crippen molar-refractivity contribution in [3.63, 3.8) is 0 Å². The topological polar surface area (TPSA) is 72.4 Å². The Morgan fingerprint density at radius 2 is 1.85 bits per heavy atom. The number of nitrogens with zero attached hydrogens (tertiary/aromatic N) is 1. The highest BCUT2D eigenvalue weighted by Crippen LogP contribution is 2.26. The van der Waals surface area contributed by atoms with Gasteiger partial charge in [-0.2, -0.15) is 0 Å². The number of amides is 1. The number of primary amides is 1. The molecule has 0 atom stereocenters. The fourth-order valence-corrected chi connectivity index (χ4v) is 2.74. The average Bonchev–Trinajstić information content (AvgIpc) is 2.80. The summed E-state index contributed by atoms with van der Waals surface area (Å²) in [4.78, 5) is 13.7. The summed E-state index contributed by atoms with van der Waals surface area (Å²) in [6, 6.07) is 13.5. The molecule has 2 aromatic rings. The maximum absolute atomic E-state index is 11.4. The van der Waals surface area contributed by atoms with Crippen molar-refractivity contribution in [3.05, 3.63) is 64.7 Å². The van der Waals surface area contributed by atoms with Crippen LogP contribution in [0.4, 0.5) is 5.69 Å². The molecule has 0 fully saturated rings. The quantitative estimate of drug-likeness (QED) is 0.834. The Morgan fingerprint density at radius 1 is 1.10 bits per heavy atom. The van der Waals surface area contributed by atoms with E-state index in [-0.39, 0.29) is 5.91 Å². The number of fused-ring (bicyclic) bond motifs is 1. The number of carbonyl (C=O) groups excluding carboxylic acids is 1. The van der Waals surface area contributed by atoms with E-state index >= 15 is 0 Å². The van der Waals surface area contributed by atoms with Crippen LogP contribution in [0.25, 0.3) is 0 Å². The summed E-state index contributed by atoms with van der Waals surface area (Å²) < 4.78 is 0. The lowest BCUT2D eigenvalue weighted by Gasteiger charge is -2.16. The van der Waals surface area contributed by atoms with Crippen molar-refractivity contribution >= 4 is 11.6 Å². The molecule has 20 heavy (non-hydrogen) atoms. The molecule has 4 heteroatoms. The number of hydrogen-bond donors (Lipinski definition) is 2. The third kappa shape index (κ3) is 2.38. The van der Waals surface area contributed by atoms with E-state index in [9.17, 15) is 4.79 Å². The number of rotatable bonds is 3. The molecule has 0 aromatic heterocycles. The maximum Gasteiger partial charge on any atom is 0.249 e. The zero-order valence-corrected chi connectivity index (χ0v) is 11.2. The molecule has 0 saturated carbocycles. The molecular formula is C16H17N3O. The van der Waals surface area contributed by atoms with E-state index < -0.39 is 0 Å². The summed E-state index contributed by atoms with van der Waals surface area (Å²) in [7, 11) is 0. The Labute approximate surface area is 118 Å². The lowest BCUT2D eigenvalue weighted by Crippen LogP contribution is -2.20. The van der Waals surface area contributed by atoms with E-state index in [1.165, 1.54) is 11.1 Å². The van der Waals surface area contributed by atoms with Crippen LogP contribution < -0.4 is 11.5 Å². The Hall–Kier alpha value is -2.33. The molecule has 1 heterocycles. The predicted octanol–water partition coefficient (Wildman–Crippen LogP) is 1.88. The molecule has 0 radical (unpaired) electrons. The maximum atomic E-state index is 11.4. The molecule has 3 rings (SSSR count). The van der Waals surface area contributed by atoms with Crippen molar-refractivity contribution in [2.45, 2.75) is 19.6 Å². The van der Waals surface area contributed by atoms with E-state index in [2.05, 4.69) is 11.0 Å². The van der Waals surface area contributed by atoms with Gasteiger partial charge < -0.3 is 11.5 Å². The van der Waals surface area contributed by atoms with Crippen LogP contribution in [-0.2, 0) is 19.6 Å². The highest BCUT2D eigenvalue weighted by atomic mass is 16.1. The van der Waals surface area contributed by atoms with Crippen LogP contribution in [0.1, 0.15) is 27.0 Å². The van der Waals surface area contributed by atoms with Gasteiger partial charge in [0.05, 0.1) is 0 Å². The van der Waals surface area contributed by atoms with Crippen LogP contribution in [-0.4, -0.2) is 10.8 Å². The lowest BCUT2D eigenvalue weighted by atomic mass is 10.1. The van der Waals surface area contributed by atoms with Gasteiger partial charge in [-0.25, -0.2) is 0 Å². The van der Waals surface area contributed by atoms with Gasteiger partial charge in [0.2, 0.25) is 5.91 Å². The molecule has 2 aromatic carbocycles. The van der Waals surface area contributed by atoms with Crippen molar-refractivity contribution in [3.8, 4) is 0 Å². The number of nitrogens with two attached hydrogens (primary N) is 2. The first kappa shape index (κ1) is 12.7. The highest BCUT2D eigenvalue weighted by molar-refractivity contribution is 5.94. The summed E-state index contributed by atoms with van der Waals surface area (Å²) in [6.07, 6.45) is 0. The van der Waals surface area contributed by atoms with E-state index in [1.54, 1.807) is 6.07 Å². The molecule has 102 valence electrons. The van der Waals surface area contributed by atoms with E-state index in [4.69, 9.17) is 11.5 Å². The molecule has 0 aliphatic carbocycles. The van der Waals surface area contributed by atoms with Crippen LogP contribution in [0.3, 0.4) is 0 Å². The van der Waals surface area contributed by atoms with Crippen molar-refractivity contribution in [1.82, 2.24) is 4.90 Å². The number of carbonyl (C=O) groups is 1. The standard InChI is InChI=1S/C16H17N3O/c17-14-6-5-11-8-19(10-13(11)7-14)9-12-3-1-2-4-15(12)16(18)20/h1-7H,8-10,17H2,(H2,18,20). The zero-order valence-electron chi connectivity index (χ0n) is 11.2. The van der Waals surface area contributed by atoms with Gasteiger partial charge in [0.15, 0.2) is 0 Å². The van der Waals surface area contributed by atoms with Crippen LogP contribution in [0.5, 0.6) is 0 Å². The van der Waals surface area contributed by atoms with Gasteiger partial charge in [-0.05, 0) is 34.9 Å². The molecule has 0 unspecified atom stereocenters. The molecule has 0 spiro atoms. The van der Waals surface area contributed by atoms with Gasteiger partial charge in [-0.15, -0.1) is 0 Å². The van der Waals surface area contributed by atoms with E-state index in [1.807, 2.05) is 30.3 Å². The Balaban J connectivity index is 1.80. The van der Waals surface area contributed by atoms with Gasteiger partial charge in [-0.1, -0.05) is 24.3 Å². The fraction of sp³-hybridized carbons (Fsp3) is 0.188. The summed E-state index contributed by atoms with van der Waals surface area (Å²) >= 11 is 0. The number of nitrogen functional groups attached to an aromatic ring is 1. The molecule has 4 nitrogen and oxygen atoms in total. The summed E-state index contributed by atoms with van der Waals surface area (Å²) in [5.74, 6) is -0.374. The number of anilines is 1. The second-order valence-electron chi connectivity index (χ2n) is 5.19. The van der Waals surface area contributed by atoms with Crippen molar-refractivity contribution in [2.75, 3.05) is 5.73 Å². The Morgan fingerprint density at radius 3 is 2.65 bits per heavy atom. The van der Waals surface area contributed by atoms with Crippen LogP contribution in [0.15, 0.2) is 42.5 Å². The molecule has 1 amide bonds. The normalized spacial score (nSPS) is 14.2. The second kappa shape index (κ2) is 4.98. The molecule has 0 saturated heterocycles. The number of hydrogen-bond acceptors (Lipinski definition) is 3. The first-order valence-electron chi connectivity index (χ1n) is 6.61. The third-order valence-corrected chi connectivity index (χ3v) is 3.69. The Bertz CT molecular complexity index is 667. The van der Waals surface area contributed by atoms with Crippen LogP contribution >= 0.6 is 0 Å². The van der Waals surface area contributed by atoms with E-state index in [0.717, 1.165) is 24.3 Å². The fourth-order valence-electron chi connectivity index (χ4n) is 2.74. The summed E-state index contributed by atoms with van der Waals surface area (Å²) in [5, 5.41) is 0. The molecule has 4 N–H and O–H groups in total. The minimum absolute atomic E-state index is 0.374. The molecule has 0 bridgehead atoms. The van der Waals surface area contributed by atoms with Gasteiger partial charge >= 0.3 is 0 Å². The van der Waals surface area contributed by atoms with Gasteiger partial charge in [0, 0.05) is 30.9 Å². The summed E-state index contributed by atoms with van der Waals surface area (Å²) in [5.41, 5.74) is 16.2. The minimum atomic E-state index is -0.374. The molecular weight excluding hydrogens is 250 g/mol. The van der Waals surface area contributed by atoms with Crippen molar-refractivity contribution < 1.29 is 4.79 Å². The lowest BCUT2D eigenvalue weighted by molar-refractivity contribution is 0.0998. The van der Waals surface area contributed by atoms with Crippen molar-refractivity contribution in [1.29, 1.82) is 0 Å². The average molecular weight is 267 g/mol. The monoisotopic (exact) mass is 267 g/mol. The smallest absolute Gasteiger partial charge is 0.249 e. The number of benzene rings is 2. The predicted molar refractivity (Wildman–Crippen MR) is 78.8 cm³/mol. The van der Waals surface area contributed by atoms with Gasteiger partial charge in [-0.3, -0.25) is 9.69 Å². The molecule has 1 aliphatic heterocycles.